The lowest BCUT2D eigenvalue weighted by Gasteiger charge is -2.18. The molecule has 0 saturated carbocycles. The Kier molecular flexibility index (Phi) is 4.32. The minimum Gasteiger partial charge on any atom is -0.336 e. The molecule has 0 fully saturated rings. The van der Waals surface area contributed by atoms with E-state index in [9.17, 15) is 4.79 Å². The van der Waals surface area contributed by atoms with Gasteiger partial charge in [0.05, 0.1) is 0 Å². The Balaban J connectivity index is 2.17. The van der Waals surface area contributed by atoms with Crippen molar-refractivity contribution in [2.75, 3.05) is 7.05 Å². The van der Waals surface area contributed by atoms with Crippen LogP contribution in [-0.2, 0) is 6.54 Å². The zero-order valence-electron chi connectivity index (χ0n) is 10.9. The van der Waals surface area contributed by atoms with Crippen LogP contribution in [0.25, 0.3) is 0 Å². The predicted octanol–water partition coefficient (Wildman–Crippen LogP) is 3.42. The van der Waals surface area contributed by atoms with Crippen LogP contribution >= 0.6 is 15.9 Å². The molecule has 0 bridgehead atoms. The summed E-state index contributed by atoms with van der Waals surface area (Å²) in [5, 5.41) is 0. The third-order valence-electron chi connectivity index (χ3n) is 2.92. The van der Waals surface area contributed by atoms with Crippen molar-refractivity contribution in [1.82, 2.24) is 9.88 Å². The molecule has 0 aliphatic rings. The molecule has 1 aromatic heterocycles. The molecule has 1 heterocycles. The highest BCUT2D eigenvalue weighted by atomic mass is 79.9. The fraction of sp³-hybridized carbons (Fsp3) is 0.200. The standard InChI is InChI=1S/C15H15BrN2O/c1-11-6-5-9-17-14(11)15(19)18(2)10-12-7-3-4-8-13(12)16/h3-9H,10H2,1-2H3. The number of pyridine rings is 1. The predicted molar refractivity (Wildman–Crippen MR) is 78.9 cm³/mol. The van der Waals surface area contributed by atoms with E-state index in [4.69, 9.17) is 0 Å². The van der Waals surface area contributed by atoms with Gasteiger partial charge in [-0.15, -0.1) is 0 Å². The average Bonchev–Trinajstić information content (AvgIpc) is 2.41. The van der Waals surface area contributed by atoms with Gasteiger partial charge in [-0.1, -0.05) is 40.2 Å². The normalized spacial score (nSPS) is 10.3. The van der Waals surface area contributed by atoms with Crippen LogP contribution < -0.4 is 0 Å². The molecule has 98 valence electrons. The van der Waals surface area contributed by atoms with Crippen molar-refractivity contribution in [3.63, 3.8) is 0 Å². The molecular weight excluding hydrogens is 304 g/mol. The van der Waals surface area contributed by atoms with Crippen LogP contribution in [0.4, 0.5) is 0 Å². The number of rotatable bonds is 3. The number of halogens is 1. The summed E-state index contributed by atoms with van der Waals surface area (Å²) in [4.78, 5) is 18.2. The second-order valence-corrected chi connectivity index (χ2v) is 5.28. The molecule has 0 unspecified atom stereocenters. The van der Waals surface area contributed by atoms with Crippen molar-refractivity contribution in [3.05, 3.63) is 63.9 Å². The van der Waals surface area contributed by atoms with Gasteiger partial charge in [0.15, 0.2) is 0 Å². The largest absolute Gasteiger partial charge is 0.336 e. The molecule has 2 aromatic rings. The number of aryl methyl sites for hydroxylation is 1. The van der Waals surface area contributed by atoms with E-state index in [0.717, 1.165) is 15.6 Å². The number of hydrogen-bond acceptors (Lipinski definition) is 2. The molecule has 0 N–H and O–H groups in total. The number of aromatic nitrogens is 1. The van der Waals surface area contributed by atoms with E-state index in [-0.39, 0.29) is 5.91 Å². The second kappa shape index (κ2) is 5.97. The van der Waals surface area contributed by atoms with Gasteiger partial charge in [0.2, 0.25) is 0 Å². The summed E-state index contributed by atoms with van der Waals surface area (Å²) in [7, 11) is 1.79. The Morgan fingerprint density at radius 1 is 1.26 bits per heavy atom. The Morgan fingerprint density at radius 3 is 2.68 bits per heavy atom. The van der Waals surface area contributed by atoms with Gasteiger partial charge in [-0.2, -0.15) is 0 Å². The van der Waals surface area contributed by atoms with Crippen LogP contribution in [0.15, 0.2) is 47.1 Å². The van der Waals surface area contributed by atoms with E-state index in [0.29, 0.717) is 12.2 Å². The van der Waals surface area contributed by atoms with Crippen molar-refractivity contribution >= 4 is 21.8 Å². The van der Waals surface area contributed by atoms with Crippen LogP contribution in [0.5, 0.6) is 0 Å². The third kappa shape index (κ3) is 3.20. The quantitative estimate of drug-likeness (QED) is 0.868. The summed E-state index contributed by atoms with van der Waals surface area (Å²) in [6.45, 7) is 2.45. The fourth-order valence-electron chi connectivity index (χ4n) is 1.84. The summed E-state index contributed by atoms with van der Waals surface area (Å²) in [5.41, 5.74) is 2.48. The van der Waals surface area contributed by atoms with E-state index < -0.39 is 0 Å². The van der Waals surface area contributed by atoms with Gasteiger partial charge in [0.25, 0.3) is 5.91 Å². The first-order chi connectivity index (χ1) is 9.09. The van der Waals surface area contributed by atoms with Gasteiger partial charge in [0.1, 0.15) is 5.69 Å². The van der Waals surface area contributed by atoms with E-state index in [1.165, 1.54) is 0 Å². The molecule has 0 atom stereocenters. The highest BCUT2D eigenvalue weighted by Crippen LogP contribution is 2.18. The number of benzene rings is 1. The summed E-state index contributed by atoms with van der Waals surface area (Å²) in [5.74, 6) is -0.0612. The first-order valence-corrected chi connectivity index (χ1v) is 6.79. The van der Waals surface area contributed by atoms with Crippen LogP contribution in [0.3, 0.4) is 0 Å². The van der Waals surface area contributed by atoms with Gasteiger partial charge in [-0.3, -0.25) is 9.78 Å². The molecule has 1 aromatic carbocycles. The number of carbonyl (C=O) groups excluding carboxylic acids is 1. The summed E-state index contributed by atoms with van der Waals surface area (Å²) in [6.07, 6.45) is 1.65. The first-order valence-electron chi connectivity index (χ1n) is 6.00. The van der Waals surface area contributed by atoms with Crippen molar-refractivity contribution in [2.24, 2.45) is 0 Å². The van der Waals surface area contributed by atoms with Crippen molar-refractivity contribution in [3.8, 4) is 0 Å². The number of carbonyl (C=O) groups is 1. The monoisotopic (exact) mass is 318 g/mol. The van der Waals surface area contributed by atoms with Crippen molar-refractivity contribution in [2.45, 2.75) is 13.5 Å². The minimum absolute atomic E-state index is 0.0612. The molecule has 0 radical (unpaired) electrons. The molecule has 1 amide bonds. The van der Waals surface area contributed by atoms with Gasteiger partial charge in [-0.25, -0.2) is 0 Å². The SMILES string of the molecule is Cc1cccnc1C(=O)N(C)Cc1ccccc1Br. The second-order valence-electron chi connectivity index (χ2n) is 4.42. The first kappa shape index (κ1) is 13.7. The van der Waals surface area contributed by atoms with Gasteiger partial charge < -0.3 is 4.90 Å². The zero-order valence-corrected chi connectivity index (χ0v) is 12.5. The molecular formula is C15H15BrN2O. The highest BCUT2D eigenvalue weighted by Gasteiger charge is 2.16. The smallest absolute Gasteiger partial charge is 0.272 e. The lowest BCUT2D eigenvalue weighted by Crippen LogP contribution is -2.27. The Morgan fingerprint density at radius 2 is 2.00 bits per heavy atom. The minimum atomic E-state index is -0.0612. The van der Waals surface area contributed by atoms with Crippen molar-refractivity contribution < 1.29 is 4.79 Å². The van der Waals surface area contributed by atoms with Crippen LogP contribution in [0.2, 0.25) is 0 Å². The Bertz CT molecular complexity index is 598. The van der Waals surface area contributed by atoms with Crippen LogP contribution in [0.1, 0.15) is 21.6 Å². The molecule has 3 nitrogen and oxygen atoms in total. The van der Waals surface area contributed by atoms with Crippen molar-refractivity contribution in [1.29, 1.82) is 0 Å². The van der Waals surface area contributed by atoms with Crippen LogP contribution in [0, 0.1) is 6.92 Å². The average molecular weight is 319 g/mol. The molecule has 0 spiro atoms. The zero-order chi connectivity index (χ0) is 13.8. The molecule has 19 heavy (non-hydrogen) atoms. The molecule has 0 aliphatic carbocycles. The number of amides is 1. The fourth-order valence-corrected chi connectivity index (χ4v) is 2.25. The molecule has 0 saturated heterocycles. The lowest BCUT2D eigenvalue weighted by molar-refractivity contribution is 0.0778. The summed E-state index contributed by atoms with van der Waals surface area (Å²) in [6, 6.07) is 11.6. The van der Waals surface area contributed by atoms with Crippen LogP contribution in [-0.4, -0.2) is 22.8 Å². The van der Waals surface area contributed by atoms with Gasteiger partial charge in [-0.05, 0) is 30.2 Å². The molecule has 4 heteroatoms. The topological polar surface area (TPSA) is 33.2 Å². The number of nitrogens with zero attached hydrogens (tertiary/aromatic N) is 2. The van der Waals surface area contributed by atoms with E-state index in [1.54, 1.807) is 18.1 Å². The van der Waals surface area contributed by atoms with E-state index in [2.05, 4.69) is 20.9 Å². The van der Waals surface area contributed by atoms with E-state index >= 15 is 0 Å². The van der Waals surface area contributed by atoms with E-state index in [1.807, 2.05) is 43.3 Å². The molecule has 2 rings (SSSR count). The third-order valence-corrected chi connectivity index (χ3v) is 3.70. The van der Waals surface area contributed by atoms with Gasteiger partial charge >= 0.3 is 0 Å². The lowest BCUT2D eigenvalue weighted by atomic mass is 10.2. The molecule has 0 aliphatic heterocycles. The highest BCUT2D eigenvalue weighted by molar-refractivity contribution is 9.10. The maximum Gasteiger partial charge on any atom is 0.272 e. The Hall–Kier alpha value is -1.68. The summed E-state index contributed by atoms with van der Waals surface area (Å²) >= 11 is 3.49. The Labute approximate surface area is 121 Å². The maximum atomic E-state index is 12.3. The number of hydrogen-bond donors (Lipinski definition) is 0. The maximum absolute atomic E-state index is 12.3. The summed E-state index contributed by atoms with van der Waals surface area (Å²) < 4.78 is 1.01. The van der Waals surface area contributed by atoms with Gasteiger partial charge in [0, 0.05) is 24.3 Å².